The minimum Gasteiger partial charge on any atom is -0.392 e. The van der Waals surface area contributed by atoms with E-state index in [4.69, 9.17) is 12.2 Å². The summed E-state index contributed by atoms with van der Waals surface area (Å²) in [5.41, 5.74) is 2.75. The van der Waals surface area contributed by atoms with Crippen molar-refractivity contribution in [1.29, 1.82) is 0 Å². The van der Waals surface area contributed by atoms with Crippen LogP contribution >= 0.6 is 12.2 Å². The number of nitrogens with one attached hydrogen (secondary N) is 2. The normalized spacial score (nSPS) is 9.62. The molecule has 0 heterocycles. The Morgan fingerprint density at radius 3 is 2.94 bits per heavy atom. The van der Waals surface area contributed by atoms with Crippen molar-refractivity contribution in [3.63, 3.8) is 0 Å². The van der Waals surface area contributed by atoms with E-state index in [1.165, 1.54) is 0 Å². The van der Waals surface area contributed by atoms with Crippen LogP contribution in [0, 0.1) is 6.92 Å². The van der Waals surface area contributed by atoms with Gasteiger partial charge in [0.05, 0.1) is 6.61 Å². The van der Waals surface area contributed by atoms with E-state index in [0.717, 1.165) is 16.8 Å². The zero-order valence-electron chi connectivity index (χ0n) is 9.29. The summed E-state index contributed by atoms with van der Waals surface area (Å²) in [4.78, 5) is 0. The molecule has 86 valence electrons. The lowest BCUT2D eigenvalue weighted by Crippen LogP contribution is -2.29. The maximum Gasteiger partial charge on any atom is 0.171 e. The highest BCUT2D eigenvalue weighted by Crippen LogP contribution is 2.20. The summed E-state index contributed by atoms with van der Waals surface area (Å²) >= 11 is 5.12. The van der Waals surface area contributed by atoms with Crippen molar-refractivity contribution in [3.8, 4) is 0 Å². The fourth-order valence-corrected chi connectivity index (χ4v) is 1.55. The molecule has 4 heteroatoms. The summed E-state index contributed by atoms with van der Waals surface area (Å²) in [6, 6.07) is 5.75. The summed E-state index contributed by atoms with van der Waals surface area (Å²) < 4.78 is 0. The third kappa shape index (κ3) is 3.32. The molecule has 0 saturated carbocycles. The van der Waals surface area contributed by atoms with Gasteiger partial charge in [-0.1, -0.05) is 24.3 Å². The lowest BCUT2D eigenvalue weighted by molar-refractivity contribution is 0.282. The largest absolute Gasteiger partial charge is 0.392 e. The zero-order chi connectivity index (χ0) is 12.0. The fourth-order valence-electron chi connectivity index (χ4n) is 1.36. The number of anilines is 1. The molecule has 0 aromatic heterocycles. The molecular formula is C12H16N2OS. The Morgan fingerprint density at radius 1 is 1.56 bits per heavy atom. The molecule has 0 unspecified atom stereocenters. The van der Waals surface area contributed by atoms with Gasteiger partial charge in [0.25, 0.3) is 0 Å². The van der Waals surface area contributed by atoms with Gasteiger partial charge in [0, 0.05) is 17.8 Å². The second kappa shape index (κ2) is 6.25. The first-order chi connectivity index (χ1) is 7.69. The maximum absolute atomic E-state index is 9.21. The summed E-state index contributed by atoms with van der Waals surface area (Å²) in [5.74, 6) is 0. The van der Waals surface area contributed by atoms with Crippen LogP contribution in [0.5, 0.6) is 0 Å². The molecule has 0 bridgehead atoms. The van der Waals surface area contributed by atoms with E-state index in [2.05, 4.69) is 17.2 Å². The monoisotopic (exact) mass is 236 g/mol. The van der Waals surface area contributed by atoms with Crippen molar-refractivity contribution >= 4 is 23.0 Å². The number of aliphatic hydroxyl groups is 1. The Morgan fingerprint density at radius 2 is 2.31 bits per heavy atom. The van der Waals surface area contributed by atoms with E-state index in [9.17, 15) is 5.11 Å². The molecule has 0 amide bonds. The standard InChI is InChI=1S/C12H16N2OS/c1-3-7-13-12(16)14-11-9(2)5-4-6-10(11)8-15/h3-6,15H,1,7-8H2,2H3,(H2,13,14,16). The van der Waals surface area contributed by atoms with Gasteiger partial charge in [0.2, 0.25) is 0 Å². The van der Waals surface area contributed by atoms with Crippen LogP contribution < -0.4 is 10.6 Å². The Kier molecular flexibility index (Phi) is 4.95. The van der Waals surface area contributed by atoms with Crippen molar-refractivity contribution in [1.82, 2.24) is 5.32 Å². The predicted octanol–water partition coefficient (Wildman–Crippen LogP) is 1.96. The third-order valence-corrected chi connectivity index (χ3v) is 2.42. The van der Waals surface area contributed by atoms with Crippen LogP contribution in [0.1, 0.15) is 11.1 Å². The lowest BCUT2D eigenvalue weighted by Gasteiger charge is -2.14. The molecule has 0 saturated heterocycles. The van der Waals surface area contributed by atoms with E-state index < -0.39 is 0 Å². The molecule has 0 aliphatic carbocycles. The van der Waals surface area contributed by atoms with Crippen LogP contribution in [0.2, 0.25) is 0 Å². The van der Waals surface area contributed by atoms with Crippen molar-refractivity contribution in [2.75, 3.05) is 11.9 Å². The Balaban J connectivity index is 2.79. The van der Waals surface area contributed by atoms with E-state index in [1.807, 2.05) is 25.1 Å². The quantitative estimate of drug-likeness (QED) is 0.552. The number of thiocarbonyl (C=S) groups is 1. The van der Waals surface area contributed by atoms with Gasteiger partial charge in [0.1, 0.15) is 0 Å². The maximum atomic E-state index is 9.21. The number of aliphatic hydroxyl groups excluding tert-OH is 1. The highest BCUT2D eigenvalue weighted by atomic mass is 32.1. The first-order valence-electron chi connectivity index (χ1n) is 5.04. The van der Waals surface area contributed by atoms with Gasteiger partial charge >= 0.3 is 0 Å². The van der Waals surface area contributed by atoms with E-state index in [0.29, 0.717) is 11.7 Å². The van der Waals surface area contributed by atoms with Crippen LogP contribution in [0.25, 0.3) is 0 Å². The second-order valence-corrected chi connectivity index (χ2v) is 3.80. The van der Waals surface area contributed by atoms with Gasteiger partial charge in [-0.15, -0.1) is 6.58 Å². The molecule has 1 rings (SSSR count). The molecule has 1 aromatic rings. The molecule has 1 aromatic carbocycles. The van der Waals surface area contributed by atoms with Crippen LogP contribution in [0.3, 0.4) is 0 Å². The fraction of sp³-hybridized carbons (Fsp3) is 0.250. The van der Waals surface area contributed by atoms with Crippen LogP contribution in [-0.2, 0) is 6.61 Å². The summed E-state index contributed by atoms with van der Waals surface area (Å²) in [5, 5.41) is 15.8. The SMILES string of the molecule is C=CCNC(=S)Nc1c(C)cccc1CO. The molecule has 0 fully saturated rings. The van der Waals surface area contributed by atoms with Gasteiger partial charge < -0.3 is 15.7 Å². The number of hydrogen-bond donors (Lipinski definition) is 3. The molecule has 0 radical (unpaired) electrons. The van der Waals surface area contributed by atoms with E-state index >= 15 is 0 Å². The summed E-state index contributed by atoms with van der Waals surface area (Å²) in [6.07, 6.45) is 1.73. The van der Waals surface area contributed by atoms with E-state index in [1.54, 1.807) is 6.08 Å². The molecule has 0 atom stereocenters. The zero-order valence-corrected chi connectivity index (χ0v) is 10.1. The predicted molar refractivity (Wildman–Crippen MR) is 71.5 cm³/mol. The van der Waals surface area contributed by atoms with Gasteiger partial charge in [0.15, 0.2) is 5.11 Å². The first-order valence-corrected chi connectivity index (χ1v) is 5.45. The number of benzene rings is 1. The molecule has 3 nitrogen and oxygen atoms in total. The topological polar surface area (TPSA) is 44.3 Å². The highest BCUT2D eigenvalue weighted by Gasteiger charge is 2.05. The third-order valence-electron chi connectivity index (χ3n) is 2.17. The van der Waals surface area contributed by atoms with Crippen LogP contribution in [0.4, 0.5) is 5.69 Å². The average Bonchev–Trinajstić information content (AvgIpc) is 2.29. The molecule has 0 aliphatic rings. The van der Waals surface area contributed by atoms with Crippen molar-refractivity contribution in [2.24, 2.45) is 0 Å². The average molecular weight is 236 g/mol. The second-order valence-electron chi connectivity index (χ2n) is 3.39. The Labute approximate surface area is 101 Å². The van der Waals surface area contributed by atoms with Crippen molar-refractivity contribution in [3.05, 3.63) is 42.0 Å². The van der Waals surface area contributed by atoms with Gasteiger partial charge in [-0.3, -0.25) is 0 Å². The first kappa shape index (κ1) is 12.7. The molecular weight excluding hydrogens is 220 g/mol. The van der Waals surface area contributed by atoms with Crippen LogP contribution in [0.15, 0.2) is 30.9 Å². The minimum absolute atomic E-state index is 0.00587. The van der Waals surface area contributed by atoms with Gasteiger partial charge in [-0.25, -0.2) is 0 Å². The Hall–Kier alpha value is -1.39. The summed E-state index contributed by atoms with van der Waals surface area (Å²) in [6.45, 7) is 6.18. The number of para-hydroxylation sites is 1. The minimum atomic E-state index is -0.00587. The molecule has 0 aliphatic heterocycles. The van der Waals surface area contributed by atoms with Crippen molar-refractivity contribution < 1.29 is 5.11 Å². The molecule has 16 heavy (non-hydrogen) atoms. The summed E-state index contributed by atoms with van der Waals surface area (Å²) in [7, 11) is 0. The number of aryl methyl sites for hydroxylation is 1. The van der Waals surface area contributed by atoms with Crippen LogP contribution in [-0.4, -0.2) is 16.8 Å². The molecule has 3 N–H and O–H groups in total. The van der Waals surface area contributed by atoms with Crippen molar-refractivity contribution in [2.45, 2.75) is 13.5 Å². The van der Waals surface area contributed by atoms with Gasteiger partial charge in [-0.2, -0.15) is 0 Å². The number of rotatable bonds is 4. The lowest BCUT2D eigenvalue weighted by atomic mass is 10.1. The number of hydrogen-bond acceptors (Lipinski definition) is 2. The highest BCUT2D eigenvalue weighted by molar-refractivity contribution is 7.80. The smallest absolute Gasteiger partial charge is 0.171 e. The Bertz CT molecular complexity index is 391. The van der Waals surface area contributed by atoms with Gasteiger partial charge in [-0.05, 0) is 24.7 Å². The molecule has 0 spiro atoms. The van der Waals surface area contributed by atoms with E-state index in [-0.39, 0.29) is 6.61 Å².